The zero-order valence-electron chi connectivity index (χ0n) is 23.8. The van der Waals surface area contributed by atoms with Crippen molar-refractivity contribution in [1.82, 2.24) is 44.6 Å². The maximum atomic E-state index is 11.7. The Hall–Kier alpha value is -2.68. The van der Waals surface area contributed by atoms with Gasteiger partial charge in [0.05, 0.1) is 36.4 Å². The number of rotatable bonds is 4. The van der Waals surface area contributed by atoms with E-state index in [1.165, 1.54) is 0 Å². The first-order chi connectivity index (χ1) is 19.9. The summed E-state index contributed by atoms with van der Waals surface area (Å²) in [5, 5.41) is 27.8. The molecule has 42 heavy (non-hydrogen) atoms. The largest absolute Gasteiger partial charge is 0.480 e. The van der Waals surface area contributed by atoms with E-state index in [1.54, 1.807) is 0 Å². The molecule has 0 spiro atoms. The van der Waals surface area contributed by atoms with E-state index in [0.717, 1.165) is 22.8 Å². The molecule has 1 saturated heterocycles. The molecule has 0 saturated carbocycles. The molecule has 0 amide bonds. The number of carboxylic acids is 2. The minimum absolute atomic E-state index is 0. The van der Waals surface area contributed by atoms with E-state index in [4.69, 9.17) is 9.97 Å². The monoisotopic (exact) mass is 652 g/mol. The summed E-state index contributed by atoms with van der Waals surface area (Å²) in [6.45, 7) is 6.55. The minimum Gasteiger partial charge on any atom is -0.480 e. The number of fused-ring (bicyclic) bond motifs is 9. The molecule has 1 fully saturated rings. The molecule has 1 radical (unpaired) electrons. The van der Waals surface area contributed by atoms with Gasteiger partial charge in [-0.3, -0.25) is 38.9 Å². The Morgan fingerprint density at radius 3 is 1.76 bits per heavy atom. The molecule has 13 nitrogen and oxygen atoms in total. The fourth-order valence-electron chi connectivity index (χ4n) is 5.27. The van der Waals surface area contributed by atoms with Crippen molar-refractivity contribution in [2.24, 2.45) is 0 Å². The molecule has 3 aliphatic heterocycles. The Bertz CT molecular complexity index is 1310. The van der Waals surface area contributed by atoms with Crippen molar-refractivity contribution in [2.75, 3.05) is 65.4 Å². The van der Waals surface area contributed by atoms with Crippen molar-refractivity contribution in [3.63, 3.8) is 0 Å². The summed E-state index contributed by atoms with van der Waals surface area (Å²) in [5.41, 5.74) is 4.16. The Morgan fingerprint density at radius 2 is 1.19 bits per heavy atom. The van der Waals surface area contributed by atoms with Gasteiger partial charge in [0.2, 0.25) is 0 Å². The second-order valence-corrected chi connectivity index (χ2v) is 10.6. The van der Waals surface area contributed by atoms with Gasteiger partial charge in [-0.25, -0.2) is 4.98 Å². The van der Waals surface area contributed by atoms with Crippen LogP contribution in [0, 0.1) is 0 Å². The third-order valence-electron chi connectivity index (χ3n) is 7.49. The first-order valence-electron chi connectivity index (χ1n) is 14.0. The van der Waals surface area contributed by atoms with Crippen LogP contribution in [0.2, 0.25) is 0 Å². The van der Waals surface area contributed by atoms with Gasteiger partial charge >= 0.3 is 11.9 Å². The number of carboxylic acid groups (broad SMARTS) is 2. The van der Waals surface area contributed by atoms with Crippen LogP contribution >= 0.6 is 0 Å². The van der Waals surface area contributed by atoms with E-state index >= 15 is 0 Å². The van der Waals surface area contributed by atoms with Crippen LogP contribution in [0.3, 0.4) is 0 Å². The molecule has 3 aromatic heterocycles. The molecule has 221 valence electrons. The van der Waals surface area contributed by atoms with E-state index in [0.29, 0.717) is 84.1 Å². The van der Waals surface area contributed by atoms with E-state index < -0.39 is 11.9 Å². The number of aliphatic carboxylic acids is 2. The molecular weight excluding hydrogens is 615 g/mol. The summed E-state index contributed by atoms with van der Waals surface area (Å²) < 4.78 is 1.82. The number of carbonyl (C=O) groups is 2. The molecule has 0 aliphatic carbocycles. The average Bonchev–Trinajstić information content (AvgIpc) is 3.42. The molecule has 2 N–H and O–H groups in total. The molecule has 8 bridgehead atoms. The smallest absolute Gasteiger partial charge is 0.317 e. The van der Waals surface area contributed by atoms with Crippen LogP contribution < -0.4 is 0 Å². The van der Waals surface area contributed by atoms with Crippen molar-refractivity contribution >= 4 is 11.9 Å². The molecule has 0 unspecified atom stereocenters. The number of hydrogen-bond donors (Lipinski definition) is 2. The maximum Gasteiger partial charge on any atom is 0.317 e. The number of hydrogen-bond acceptors (Lipinski definition) is 10. The Labute approximate surface area is 270 Å². The number of pyridine rings is 2. The Kier molecular flexibility index (Phi) is 12.0. The van der Waals surface area contributed by atoms with E-state index in [1.807, 2.05) is 57.1 Å². The number of nitrogens with zero attached hydrogens (tertiary/aromatic N) is 9. The molecule has 0 atom stereocenters. The predicted octanol–water partition coefficient (Wildman–Crippen LogP) is 0.380. The van der Waals surface area contributed by atoms with Gasteiger partial charge in [0.15, 0.2) is 0 Å². The standard InChI is InChI=1S/C28H37N9O4.Y/c38-27(39)20-35-13-9-33-10-14-36(21-28(40)41)16-12-34(11-15-35)18-24-5-2-6-25(30-24)26-19-37(32-31-26)8-7-22-3-1-4-23(17-33)29-22;/h1-6,19H,7-18,20-21H2,(H,38,39)(H,40,41);. The quantitative estimate of drug-likeness (QED) is 0.402. The Morgan fingerprint density at radius 1 is 0.667 bits per heavy atom. The van der Waals surface area contributed by atoms with Crippen LogP contribution in [-0.2, 0) is 68.4 Å². The fourth-order valence-corrected chi connectivity index (χ4v) is 5.27. The zero-order chi connectivity index (χ0) is 28.6. The van der Waals surface area contributed by atoms with Gasteiger partial charge < -0.3 is 10.2 Å². The van der Waals surface area contributed by atoms with Crippen LogP contribution in [-0.4, -0.2) is 132 Å². The van der Waals surface area contributed by atoms with Crippen LogP contribution in [0.1, 0.15) is 17.1 Å². The summed E-state index contributed by atoms with van der Waals surface area (Å²) in [6, 6.07) is 11.8. The normalized spacial score (nSPS) is 20.9. The van der Waals surface area contributed by atoms with Gasteiger partial charge in [0, 0.05) is 117 Å². The molecule has 0 aromatic carbocycles. The summed E-state index contributed by atoms with van der Waals surface area (Å²) in [7, 11) is 0. The average molecular weight is 653 g/mol. The van der Waals surface area contributed by atoms with Crippen molar-refractivity contribution < 1.29 is 52.5 Å². The zero-order valence-corrected chi connectivity index (χ0v) is 26.6. The molecule has 6 heterocycles. The van der Waals surface area contributed by atoms with Gasteiger partial charge in [0.1, 0.15) is 5.69 Å². The Balaban J connectivity index is 0.00000405. The predicted molar refractivity (Wildman–Crippen MR) is 150 cm³/mol. The van der Waals surface area contributed by atoms with Crippen LogP contribution in [0.5, 0.6) is 0 Å². The summed E-state index contributed by atoms with van der Waals surface area (Å²) in [6.07, 6.45) is 2.59. The fraction of sp³-hybridized carbons (Fsp3) is 0.500. The van der Waals surface area contributed by atoms with Gasteiger partial charge in [-0.1, -0.05) is 17.3 Å². The minimum atomic E-state index is -0.853. The number of aryl methyl sites for hydroxylation is 2. The second-order valence-electron chi connectivity index (χ2n) is 10.6. The van der Waals surface area contributed by atoms with E-state index in [9.17, 15) is 19.8 Å². The third kappa shape index (κ3) is 9.68. The summed E-state index contributed by atoms with van der Waals surface area (Å²) in [5.74, 6) is -1.71. The van der Waals surface area contributed by atoms with Crippen molar-refractivity contribution in [3.05, 3.63) is 59.7 Å². The maximum absolute atomic E-state index is 11.7. The van der Waals surface area contributed by atoms with Crippen molar-refractivity contribution in [1.29, 1.82) is 0 Å². The van der Waals surface area contributed by atoms with Crippen LogP contribution in [0.4, 0.5) is 0 Å². The van der Waals surface area contributed by atoms with Crippen molar-refractivity contribution in [2.45, 2.75) is 26.1 Å². The third-order valence-corrected chi connectivity index (χ3v) is 7.49. The summed E-state index contributed by atoms with van der Waals surface area (Å²) >= 11 is 0. The van der Waals surface area contributed by atoms with Gasteiger partial charge in [-0.15, -0.1) is 5.10 Å². The SMILES string of the molecule is O=C(O)CN1CCN2CCN(CC(=O)O)CCN(CC1)Cc1cccc(n1)-c1cn(nn1)CCc1cccc(n1)C2.[Y]. The van der Waals surface area contributed by atoms with E-state index in [2.05, 4.69) is 20.1 Å². The summed E-state index contributed by atoms with van der Waals surface area (Å²) in [4.78, 5) is 41.6. The topological polar surface area (TPSA) is 144 Å². The molecule has 14 heteroatoms. The first kappa shape index (κ1) is 32.2. The second kappa shape index (κ2) is 15.7. The van der Waals surface area contributed by atoms with Gasteiger partial charge in [-0.2, -0.15) is 0 Å². The molecule has 6 rings (SSSR count). The van der Waals surface area contributed by atoms with Gasteiger partial charge in [0.25, 0.3) is 0 Å². The molecular formula is C28H37N9O4Y. The first-order valence-corrected chi connectivity index (χ1v) is 14.0. The van der Waals surface area contributed by atoms with Gasteiger partial charge in [-0.05, 0) is 24.3 Å². The van der Waals surface area contributed by atoms with Crippen molar-refractivity contribution in [3.8, 4) is 11.4 Å². The van der Waals surface area contributed by atoms with E-state index in [-0.39, 0.29) is 45.8 Å². The molecule has 3 aromatic rings. The van der Waals surface area contributed by atoms with Crippen LogP contribution in [0.15, 0.2) is 42.6 Å². The van der Waals surface area contributed by atoms with Crippen LogP contribution in [0.25, 0.3) is 11.4 Å². The number of aromatic nitrogens is 5. The molecule has 3 aliphatic rings.